The van der Waals surface area contributed by atoms with E-state index in [9.17, 15) is 10.5 Å². The molecule has 0 atom stereocenters. The van der Waals surface area contributed by atoms with Gasteiger partial charge in [-0.05, 0) is 50.2 Å². The number of aromatic nitrogens is 2. The number of nitriles is 2. The fraction of sp³-hybridized carbons (Fsp3) is 0.0645. The van der Waals surface area contributed by atoms with Crippen molar-refractivity contribution >= 4 is 72.6 Å². The van der Waals surface area contributed by atoms with Crippen molar-refractivity contribution in [2.24, 2.45) is 4.99 Å². The maximum absolute atomic E-state index is 9.19. The van der Waals surface area contributed by atoms with Gasteiger partial charge in [-0.3, -0.25) is 0 Å². The summed E-state index contributed by atoms with van der Waals surface area (Å²) in [4.78, 5) is 7.58. The molecular weight excluding hydrogens is 521 g/mol. The Balaban J connectivity index is 1.60. The third-order valence-corrected chi connectivity index (χ3v) is 8.24. The number of benzene rings is 4. The maximum Gasteiger partial charge on any atom is 0.218 e. The summed E-state index contributed by atoms with van der Waals surface area (Å²) in [7, 11) is 0. The van der Waals surface area contributed by atoms with E-state index in [1.54, 1.807) is 17.4 Å². The number of nitrogens with zero attached hydrogens (tertiary/aromatic N) is 6. The molecule has 6 rings (SSSR count). The van der Waals surface area contributed by atoms with Gasteiger partial charge in [-0.15, -0.1) is 11.3 Å². The van der Waals surface area contributed by atoms with Crippen LogP contribution in [-0.4, -0.2) is 14.5 Å². The van der Waals surface area contributed by atoms with Gasteiger partial charge < -0.3 is 4.90 Å². The van der Waals surface area contributed by atoms with Crippen LogP contribution >= 0.6 is 23.1 Å². The van der Waals surface area contributed by atoms with Crippen LogP contribution in [0.2, 0.25) is 0 Å². The van der Waals surface area contributed by atoms with Gasteiger partial charge in [-0.1, -0.05) is 59.7 Å². The van der Waals surface area contributed by atoms with Gasteiger partial charge in [0.15, 0.2) is 0 Å². The van der Waals surface area contributed by atoms with Crippen molar-refractivity contribution in [2.45, 2.75) is 13.8 Å². The molecule has 4 aromatic carbocycles. The minimum absolute atomic E-state index is 0.215. The van der Waals surface area contributed by atoms with Crippen molar-refractivity contribution in [3.8, 4) is 22.6 Å². The van der Waals surface area contributed by atoms with Gasteiger partial charge in [0.05, 0.1) is 17.4 Å². The Kier molecular flexibility index (Phi) is 6.34. The van der Waals surface area contributed by atoms with Crippen LogP contribution in [0.4, 0.5) is 22.1 Å². The molecule has 0 aliphatic carbocycles. The van der Waals surface area contributed by atoms with Crippen LogP contribution in [-0.2, 0) is 0 Å². The second-order valence-electron chi connectivity index (χ2n) is 9.07. The molecule has 6 nitrogen and oxygen atoms in total. The van der Waals surface area contributed by atoms with Crippen LogP contribution in [0.5, 0.6) is 0 Å². The van der Waals surface area contributed by atoms with E-state index < -0.39 is 0 Å². The number of rotatable bonds is 5. The molecule has 0 radical (unpaired) electrons. The molecule has 0 saturated heterocycles. The SMILES string of the molecule is Cc1ccc(N(c2ccc(C)cc2)c2sc(-c3ccc(N=C(C#N)C#N)c4nsnc34)c3ccccc23)cc1. The van der Waals surface area contributed by atoms with E-state index in [0.717, 1.165) is 49.3 Å². The fourth-order valence-corrected chi connectivity index (χ4v) is 6.45. The first-order valence-corrected chi connectivity index (χ1v) is 13.7. The zero-order valence-corrected chi connectivity index (χ0v) is 22.7. The first-order valence-electron chi connectivity index (χ1n) is 12.2. The maximum atomic E-state index is 9.19. The molecule has 2 heterocycles. The van der Waals surface area contributed by atoms with Gasteiger partial charge in [-0.2, -0.15) is 19.3 Å². The Hall–Kier alpha value is -4.89. The summed E-state index contributed by atoms with van der Waals surface area (Å²) in [5.74, 6) is 0. The van der Waals surface area contributed by atoms with E-state index >= 15 is 0 Å². The number of hydrogen-bond acceptors (Lipinski definition) is 8. The summed E-state index contributed by atoms with van der Waals surface area (Å²) < 4.78 is 9.06. The Bertz CT molecular complexity index is 1890. The minimum Gasteiger partial charge on any atom is -0.301 e. The first-order chi connectivity index (χ1) is 19.1. The van der Waals surface area contributed by atoms with E-state index in [4.69, 9.17) is 0 Å². The molecule has 186 valence electrons. The van der Waals surface area contributed by atoms with Crippen molar-refractivity contribution < 1.29 is 0 Å². The smallest absolute Gasteiger partial charge is 0.218 e. The van der Waals surface area contributed by atoms with Crippen molar-refractivity contribution in [2.75, 3.05) is 4.90 Å². The molecule has 2 aromatic heterocycles. The van der Waals surface area contributed by atoms with E-state index in [-0.39, 0.29) is 5.71 Å². The average molecular weight is 541 g/mol. The molecule has 39 heavy (non-hydrogen) atoms. The van der Waals surface area contributed by atoms with E-state index in [0.29, 0.717) is 16.7 Å². The van der Waals surface area contributed by atoms with Crippen molar-refractivity contribution in [3.63, 3.8) is 0 Å². The summed E-state index contributed by atoms with van der Waals surface area (Å²) in [5, 5.41) is 21.7. The molecular formula is C31H20N6S2. The van der Waals surface area contributed by atoms with Crippen LogP contribution in [0.3, 0.4) is 0 Å². The normalized spacial score (nSPS) is 10.8. The lowest BCUT2D eigenvalue weighted by Crippen LogP contribution is -2.08. The lowest BCUT2D eigenvalue weighted by molar-refractivity contribution is 1.30. The van der Waals surface area contributed by atoms with Gasteiger partial charge in [-0.25, -0.2) is 4.99 Å². The van der Waals surface area contributed by atoms with E-state index in [2.05, 4.69) is 99.2 Å². The summed E-state index contributed by atoms with van der Waals surface area (Å²) in [5.41, 5.74) is 7.03. The fourth-order valence-electron chi connectivity index (χ4n) is 4.53. The molecule has 0 spiro atoms. The van der Waals surface area contributed by atoms with Crippen LogP contribution in [0.1, 0.15) is 11.1 Å². The monoisotopic (exact) mass is 540 g/mol. The highest BCUT2D eigenvalue weighted by Crippen LogP contribution is 2.50. The lowest BCUT2D eigenvalue weighted by Gasteiger charge is -2.24. The van der Waals surface area contributed by atoms with Gasteiger partial charge >= 0.3 is 0 Å². The van der Waals surface area contributed by atoms with Crippen LogP contribution in [0, 0.1) is 36.5 Å². The molecule has 0 aliphatic rings. The number of anilines is 3. The summed E-state index contributed by atoms with van der Waals surface area (Å²) >= 11 is 2.79. The highest BCUT2D eigenvalue weighted by Gasteiger charge is 2.23. The Morgan fingerprint density at radius 3 is 1.95 bits per heavy atom. The highest BCUT2D eigenvalue weighted by atomic mass is 32.1. The average Bonchev–Trinajstić information content (AvgIpc) is 3.60. The third kappa shape index (κ3) is 4.42. The molecule has 6 aromatic rings. The molecule has 0 bridgehead atoms. The molecule has 0 unspecified atom stereocenters. The van der Waals surface area contributed by atoms with Crippen molar-refractivity contribution in [3.05, 3.63) is 96.1 Å². The zero-order valence-electron chi connectivity index (χ0n) is 21.1. The van der Waals surface area contributed by atoms with Gasteiger partial charge in [0.2, 0.25) is 5.71 Å². The molecule has 0 N–H and O–H groups in total. The Morgan fingerprint density at radius 2 is 1.33 bits per heavy atom. The molecule has 0 aliphatic heterocycles. The number of aliphatic imine (C=N–C) groups is 1. The van der Waals surface area contributed by atoms with E-state index in [1.807, 2.05) is 24.3 Å². The quantitative estimate of drug-likeness (QED) is 0.204. The predicted octanol–water partition coefficient (Wildman–Crippen LogP) is 8.78. The minimum atomic E-state index is -0.215. The summed E-state index contributed by atoms with van der Waals surface area (Å²) in [6.07, 6.45) is 0. The molecule has 0 fully saturated rings. The number of hydrogen-bond donors (Lipinski definition) is 0. The lowest BCUT2D eigenvalue weighted by atomic mass is 10.1. The molecule has 8 heteroatoms. The van der Waals surface area contributed by atoms with E-state index in [1.165, 1.54) is 11.1 Å². The largest absolute Gasteiger partial charge is 0.301 e. The molecule has 0 amide bonds. The number of fused-ring (bicyclic) bond motifs is 2. The number of thiophene rings is 1. The van der Waals surface area contributed by atoms with Gasteiger partial charge in [0.1, 0.15) is 28.2 Å². The Labute approximate surface area is 233 Å². The number of aryl methyl sites for hydroxylation is 2. The predicted molar refractivity (Wildman–Crippen MR) is 161 cm³/mol. The third-order valence-electron chi connectivity index (χ3n) is 6.47. The van der Waals surface area contributed by atoms with Crippen molar-refractivity contribution in [1.82, 2.24) is 8.75 Å². The summed E-state index contributed by atoms with van der Waals surface area (Å²) in [6, 6.07) is 32.9. The topological polar surface area (TPSA) is 89.0 Å². The van der Waals surface area contributed by atoms with Gasteiger partial charge in [0, 0.05) is 32.6 Å². The molecule has 0 saturated carbocycles. The second kappa shape index (κ2) is 10.1. The second-order valence-corrected chi connectivity index (χ2v) is 10.6. The van der Waals surface area contributed by atoms with Gasteiger partial charge in [0.25, 0.3) is 0 Å². The van der Waals surface area contributed by atoms with Crippen LogP contribution < -0.4 is 4.90 Å². The highest BCUT2D eigenvalue weighted by molar-refractivity contribution is 7.21. The van der Waals surface area contributed by atoms with Crippen molar-refractivity contribution in [1.29, 1.82) is 10.5 Å². The summed E-state index contributed by atoms with van der Waals surface area (Å²) in [6.45, 7) is 4.19. The van der Waals surface area contributed by atoms with Crippen LogP contribution in [0.15, 0.2) is 89.9 Å². The first kappa shape index (κ1) is 24.4. The van der Waals surface area contributed by atoms with Crippen LogP contribution in [0.25, 0.3) is 32.2 Å². The zero-order chi connectivity index (χ0) is 26.9. The Morgan fingerprint density at radius 1 is 0.744 bits per heavy atom. The standard InChI is InChI=1S/C31H20N6S2/c1-19-7-11-22(12-8-19)37(23-13-9-20(2)10-14-23)31-25-6-4-3-5-24(25)30(38-31)26-15-16-27(34-21(17-32)18-33)29-28(26)35-39-36-29/h3-16H,1-2H3.